The molecule has 7 aromatic heterocycles. The molecule has 1 aliphatic carbocycles. The molecule has 0 spiro atoms. The van der Waals surface area contributed by atoms with E-state index in [-0.39, 0.29) is 0 Å². The number of hydrogen-bond donors (Lipinski definition) is 0. The molecule has 0 unspecified atom stereocenters. The lowest BCUT2D eigenvalue weighted by atomic mass is 9.93. The molecule has 16 aromatic carbocycles. The largest absolute Gasteiger partial charge is 0.456 e. The number of pyridine rings is 4. The molecule has 24 rings (SSSR count). The van der Waals surface area contributed by atoms with Gasteiger partial charge in [0.2, 0.25) is 22.8 Å². The minimum atomic E-state index is -2.22. The van der Waals surface area contributed by atoms with E-state index in [1.807, 2.05) is 60.1 Å². The third-order valence-electron chi connectivity index (χ3n) is 25.9. The van der Waals surface area contributed by atoms with Crippen molar-refractivity contribution in [1.82, 2.24) is 0 Å². The Bertz CT molecular complexity index is 8420. The van der Waals surface area contributed by atoms with Gasteiger partial charge in [-0.2, -0.15) is 0 Å². The fourth-order valence-electron chi connectivity index (χ4n) is 19.4. The number of aromatic nitrogens is 4. The first kappa shape index (κ1) is 74.4. The molecule has 23 aromatic rings. The molecule has 126 heavy (non-hydrogen) atoms. The van der Waals surface area contributed by atoms with E-state index in [9.17, 15) is 0 Å². The van der Waals surface area contributed by atoms with E-state index >= 15 is 0 Å². The van der Waals surface area contributed by atoms with Crippen molar-refractivity contribution in [2.45, 2.75) is 47.9 Å². The van der Waals surface area contributed by atoms with Gasteiger partial charge >= 0.3 is 0 Å². The highest BCUT2D eigenvalue weighted by molar-refractivity contribution is 6.22. The maximum Gasteiger partial charge on any atom is 0.213 e. The van der Waals surface area contributed by atoms with Gasteiger partial charge in [0, 0.05) is 106 Å². The molecule has 0 saturated carbocycles. The van der Waals surface area contributed by atoms with Crippen molar-refractivity contribution in [3.8, 4) is 101 Å². The molecule has 7 heterocycles. The summed E-state index contributed by atoms with van der Waals surface area (Å²) < 4.78 is 51.8. The fourth-order valence-corrected chi connectivity index (χ4v) is 19.4. The number of aryl methyl sites for hydroxylation is 9. The number of nitrogens with zero attached hydrogens (tertiary/aromatic N) is 4. The van der Waals surface area contributed by atoms with Gasteiger partial charge < -0.3 is 13.3 Å². The second-order valence-corrected chi connectivity index (χ2v) is 33.8. The van der Waals surface area contributed by atoms with E-state index in [1.165, 1.54) is 166 Å². The molecule has 0 bridgehead atoms. The van der Waals surface area contributed by atoms with E-state index in [0.29, 0.717) is 5.56 Å². The third-order valence-corrected chi connectivity index (χ3v) is 25.9. The van der Waals surface area contributed by atoms with Crippen LogP contribution in [-0.2, 0) is 34.6 Å². The van der Waals surface area contributed by atoms with E-state index in [0.717, 1.165) is 89.4 Å². The Kier molecular flexibility index (Phi) is 19.0. The predicted molar refractivity (Wildman–Crippen MR) is 522 cm³/mol. The smallest absolute Gasteiger partial charge is 0.213 e. The Morgan fingerprint density at radius 1 is 0.246 bits per heavy atom. The number of furan rings is 3. The highest BCUT2D eigenvalue weighted by atomic mass is 16.3. The van der Waals surface area contributed by atoms with Gasteiger partial charge in [-0.3, -0.25) is 0 Å². The van der Waals surface area contributed by atoms with E-state index in [1.54, 1.807) is 6.20 Å². The van der Waals surface area contributed by atoms with E-state index in [4.69, 9.17) is 17.4 Å². The molecule has 1 aliphatic rings. The summed E-state index contributed by atoms with van der Waals surface area (Å²) in [6.07, 6.45) is 9.30. The van der Waals surface area contributed by atoms with Gasteiger partial charge in [-0.05, 0) is 241 Å². The van der Waals surface area contributed by atoms with Gasteiger partial charge in [-0.25, -0.2) is 18.3 Å². The lowest BCUT2D eigenvalue weighted by Crippen LogP contribution is -2.31. The third kappa shape index (κ3) is 14.0. The van der Waals surface area contributed by atoms with Gasteiger partial charge in [-0.15, -0.1) is 0 Å². The molecule has 0 N–H and O–H groups in total. The first-order valence-electron chi connectivity index (χ1n) is 44.7. The quantitative estimate of drug-likeness (QED) is 0.142. The summed E-state index contributed by atoms with van der Waals surface area (Å²) in [5.74, 6) is 0. The summed E-state index contributed by atoms with van der Waals surface area (Å²) in [6, 6.07) is 124. The van der Waals surface area contributed by atoms with Crippen LogP contribution < -0.4 is 18.3 Å². The SMILES string of the molecule is Cc1c(-c2cc(-c3ccccc3)cc[n+]2C)ccc2c1Cc1ccc3ccccc3c1-2.Cc1c[n+](C)c(-c2cc3c(cc2C)oc2ccc4ccccc4c23)cc1-c1ccccc1.Cc1cc2oc3ccc4ccccc4c3c2cc1-c1cc(-c2ccccc2)cc[n+]1C.[2H]C([2H])([2H])c1c[n+](C)c(-c2cc3c(cc2C)oc2ccc4ccccc4c23)cc1-c1ccccc1. The van der Waals surface area contributed by atoms with Crippen LogP contribution in [0.25, 0.3) is 210 Å². The molecule has 0 radical (unpaired) electrons. The number of hydrogen-bond acceptors (Lipinski definition) is 3. The summed E-state index contributed by atoms with van der Waals surface area (Å²) in [5, 5.41) is 16.8. The van der Waals surface area contributed by atoms with Crippen LogP contribution in [0, 0.1) is 41.5 Å². The summed E-state index contributed by atoms with van der Waals surface area (Å²) >= 11 is 0. The van der Waals surface area contributed by atoms with Gasteiger partial charge in [0.1, 0.15) is 61.7 Å². The number of benzene rings is 16. The molecule has 0 amide bonds. The standard InChI is InChI=1S/2C30H24NO.C30H24N.C29H22NO/c2*1-19-15-29-26(30-23-12-8-7-11-22(23)13-14-28(30)32-29)16-25(19)27-17-24(20(2)18-31(27)3)21-9-5-4-6-10-21;1-20-25(29-19-23(16-17-31(29)2)21-8-4-3-5-9-21)14-15-27-28(20)18-24-13-12-22-10-6-7-11-26(22)30(24)27;1-19-16-28-25(29-23-11-7-6-10-21(23)12-13-27(29)31-28)18-24(19)26-17-22(14-15-30(26)2)20-8-4-3-5-9-20/h2*4-18H,1-3H3;3-17,19H,18H2,1-2H3;3-18H,1-2H3/q4*+1/i2D3;;;. The zero-order valence-corrected chi connectivity index (χ0v) is 72.0. The second-order valence-electron chi connectivity index (χ2n) is 33.8. The number of rotatable bonds is 8. The predicted octanol–water partition coefficient (Wildman–Crippen LogP) is 29.1. The lowest BCUT2D eigenvalue weighted by Gasteiger charge is -2.12. The van der Waals surface area contributed by atoms with Crippen LogP contribution in [0.1, 0.15) is 48.6 Å². The first-order chi connectivity index (χ1) is 62.8. The number of fused-ring (bicyclic) bond motifs is 20. The Morgan fingerprint density at radius 3 is 1.01 bits per heavy atom. The topological polar surface area (TPSA) is 54.9 Å². The Morgan fingerprint density at radius 2 is 0.587 bits per heavy atom. The van der Waals surface area contributed by atoms with Gasteiger partial charge in [0.25, 0.3) is 0 Å². The average Bonchev–Trinajstić information content (AvgIpc) is 1.66. The van der Waals surface area contributed by atoms with Gasteiger partial charge in [0.05, 0.1) is 0 Å². The van der Waals surface area contributed by atoms with Crippen molar-refractivity contribution >= 4 is 109 Å². The highest BCUT2D eigenvalue weighted by Gasteiger charge is 2.29. The molecule has 7 heteroatoms. The maximum absolute atomic E-state index is 8.14. The van der Waals surface area contributed by atoms with Crippen molar-refractivity contribution in [1.29, 1.82) is 0 Å². The molecule has 7 nitrogen and oxygen atoms in total. The molecule has 0 atom stereocenters. The monoisotopic (exact) mass is 1630 g/mol. The van der Waals surface area contributed by atoms with Crippen molar-refractivity contribution < 1.29 is 35.6 Å². The minimum Gasteiger partial charge on any atom is -0.456 e. The van der Waals surface area contributed by atoms with Crippen LogP contribution in [0.4, 0.5) is 0 Å². The second kappa shape index (κ2) is 32.1. The summed E-state index contributed by atoms with van der Waals surface area (Å²) in [7, 11) is 8.28. The van der Waals surface area contributed by atoms with Crippen molar-refractivity contribution in [3.05, 3.63) is 421 Å². The lowest BCUT2D eigenvalue weighted by molar-refractivity contribution is -0.660. The van der Waals surface area contributed by atoms with E-state index in [2.05, 4.69) is 391 Å². The van der Waals surface area contributed by atoms with Crippen LogP contribution in [0.3, 0.4) is 0 Å². The molecule has 604 valence electrons. The highest BCUT2D eigenvalue weighted by Crippen LogP contribution is 2.47. The van der Waals surface area contributed by atoms with Crippen molar-refractivity contribution in [2.24, 2.45) is 28.2 Å². The normalized spacial score (nSPS) is 12.2. The van der Waals surface area contributed by atoms with Crippen LogP contribution >= 0.6 is 0 Å². The van der Waals surface area contributed by atoms with Gasteiger partial charge in [-0.1, -0.05) is 255 Å². The molecule has 0 fully saturated rings. The fraction of sp³-hybridized carbons (Fsp3) is 0.0924. The zero-order chi connectivity index (χ0) is 88.0. The molecule has 0 saturated heterocycles. The zero-order valence-electron chi connectivity index (χ0n) is 75.0. The summed E-state index contributed by atoms with van der Waals surface area (Å²) in [5.41, 5.74) is 36.1. The van der Waals surface area contributed by atoms with Crippen molar-refractivity contribution in [3.63, 3.8) is 0 Å². The van der Waals surface area contributed by atoms with Gasteiger partial charge in [0.15, 0.2) is 24.8 Å². The van der Waals surface area contributed by atoms with Crippen LogP contribution in [0.15, 0.2) is 390 Å². The Balaban J connectivity index is 0.000000104. The molecular weight excluding hydrogens is 1530 g/mol. The summed E-state index contributed by atoms with van der Waals surface area (Å²) in [4.78, 5) is 0. The minimum absolute atomic E-state index is 0.341. The maximum atomic E-state index is 8.14. The average molecular weight is 1630 g/mol. The van der Waals surface area contributed by atoms with Crippen LogP contribution in [0.5, 0.6) is 0 Å². The first-order valence-corrected chi connectivity index (χ1v) is 43.2. The Hall–Kier alpha value is -15.4. The van der Waals surface area contributed by atoms with Crippen LogP contribution in [0.2, 0.25) is 0 Å². The van der Waals surface area contributed by atoms with Crippen molar-refractivity contribution in [2.75, 3.05) is 0 Å². The summed E-state index contributed by atoms with van der Waals surface area (Å²) in [6.45, 7) is 8.65. The molecular formula is C119H94N4O3+4. The molecule has 0 aliphatic heterocycles. The van der Waals surface area contributed by atoms with Crippen LogP contribution in [-0.4, -0.2) is 0 Å². The van der Waals surface area contributed by atoms with E-state index < -0.39 is 6.85 Å². The Labute approximate surface area is 737 Å².